The first-order valence-electron chi connectivity index (χ1n) is 9.41. The molecule has 10 nitrogen and oxygen atoms in total. The molecule has 0 aromatic rings. The van der Waals surface area contributed by atoms with E-state index in [0.717, 1.165) is 12.0 Å². The summed E-state index contributed by atoms with van der Waals surface area (Å²) < 4.78 is 19.9. The maximum atomic E-state index is 12.6. The fourth-order valence-corrected chi connectivity index (χ4v) is 3.11. The van der Waals surface area contributed by atoms with Gasteiger partial charge in [0, 0.05) is 12.3 Å². The van der Waals surface area contributed by atoms with Crippen LogP contribution in [0.4, 0.5) is 4.79 Å². The zero-order valence-electron chi connectivity index (χ0n) is 17.7. The van der Waals surface area contributed by atoms with E-state index in [0.29, 0.717) is 0 Å². The van der Waals surface area contributed by atoms with Crippen molar-refractivity contribution in [3.63, 3.8) is 0 Å². The van der Waals surface area contributed by atoms with Crippen molar-refractivity contribution in [2.45, 2.75) is 59.1 Å². The molecule has 1 aliphatic rings. The molecule has 2 amide bonds. The highest BCUT2D eigenvalue weighted by atomic mass is 16.6. The van der Waals surface area contributed by atoms with Gasteiger partial charge in [-0.2, -0.15) is 0 Å². The number of hydrogen-bond acceptors (Lipinski definition) is 9. The number of hydrogen-bond donors (Lipinski definition) is 0. The van der Waals surface area contributed by atoms with Gasteiger partial charge in [-0.25, -0.2) is 9.69 Å². The summed E-state index contributed by atoms with van der Waals surface area (Å²) in [6, 6.07) is -1.12. The molecular formula is C19H29NO9. The van der Waals surface area contributed by atoms with Crippen molar-refractivity contribution in [2.75, 3.05) is 20.3 Å². The first-order chi connectivity index (χ1) is 13.5. The number of nitrogens with zero attached hydrogens (tertiary/aromatic N) is 1. The molecule has 1 saturated heterocycles. The van der Waals surface area contributed by atoms with E-state index in [9.17, 15) is 24.0 Å². The number of carbonyl (C=O) groups excluding carboxylic acids is 5. The molecule has 1 rings (SSSR count). The van der Waals surface area contributed by atoms with E-state index in [1.54, 1.807) is 34.6 Å². The molecule has 0 aliphatic carbocycles. The van der Waals surface area contributed by atoms with E-state index in [4.69, 9.17) is 14.2 Å². The second-order valence-corrected chi connectivity index (χ2v) is 7.44. The summed E-state index contributed by atoms with van der Waals surface area (Å²) in [5.74, 6) is -5.64. The maximum Gasteiger partial charge on any atom is 0.417 e. The summed E-state index contributed by atoms with van der Waals surface area (Å²) in [6.45, 7) is 8.02. The van der Waals surface area contributed by atoms with Crippen LogP contribution in [0.15, 0.2) is 0 Å². The van der Waals surface area contributed by atoms with Crippen molar-refractivity contribution in [1.29, 1.82) is 0 Å². The number of rotatable bonds is 7. The topological polar surface area (TPSA) is 126 Å². The van der Waals surface area contributed by atoms with Crippen molar-refractivity contribution in [3.8, 4) is 0 Å². The van der Waals surface area contributed by atoms with Crippen LogP contribution < -0.4 is 0 Å². The standard InChI is InChI=1S/C19H29NO9/c1-7-27-16(23)15(17(24)28-8-2)11-9-13(21)20(12(11)10-14(22)26-6)18(25)29-19(3,4)5/h11-12,15H,7-10H2,1-6H3/t11-,12+/m1/s1. The van der Waals surface area contributed by atoms with Crippen LogP contribution in [0.1, 0.15) is 47.5 Å². The van der Waals surface area contributed by atoms with Gasteiger partial charge >= 0.3 is 24.0 Å². The normalized spacial score (nSPS) is 19.1. The Labute approximate surface area is 169 Å². The Morgan fingerprint density at radius 3 is 2.00 bits per heavy atom. The van der Waals surface area contributed by atoms with Gasteiger partial charge < -0.3 is 18.9 Å². The molecule has 0 N–H and O–H groups in total. The quantitative estimate of drug-likeness (QED) is 0.345. The molecule has 1 heterocycles. The Hall–Kier alpha value is -2.65. The second kappa shape index (κ2) is 10.2. The molecule has 29 heavy (non-hydrogen) atoms. The molecule has 0 aromatic carbocycles. The van der Waals surface area contributed by atoms with Crippen LogP contribution in [0.25, 0.3) is 0 Å². The number of methoxy groups -OCH3 is 1. The van der Waals surface area contributed by atoms with Crippen molar-refractivity contribution < 1.29 is 42.9 Å². The summed E-state index contributed by atoms with van der Waals surface area (Å²) in [6.07, 6.45) is -1.70. The van der Waals surface area contributed by atoms with Crippen molar-refractivity contribution in [1.82, 2.24) is 4.90 Å². The summed E-state index contributed by atoms with van der Waals surface area (Å²) in [5, 5.41) is 0. The van der Waals surface area contributed by atoms with Crippen LogP contribution in [0.3, 0.4) is 0 Å². The minimum Gasteiger partial charge on any atom is -0.469 e. The minimum absolute atomic E-state index is 0.00680. The lowest BCUT2D eigenvalue weighted by molar-refractivity contribution is -0.165. The lowest BCUT2D eigenvalue weighted by atomic mass is 9.84. The zero-order valence-corrected chi connectivity index (χ0v) is 17.7. The van der Waals surface area contributed by atoms with Gasteiger partial charge in [0.05, 0.1) is 32.8 Å². The fraction of sp³-hybridized carbons (Fsp3) is 0.737. The maximum absolute atomic E-state index is 12.6. The van der Waals surface area contributed by atoms with E-state index in [2.05, 4.69) is 4.74 Å². The van der Waals surface area contributed by atoms with E-state index in [-0.39, 0.29) is 19.6 Å². The van der Waals surface area contributed by atoms with Crippen molar-refractivity contribution in [3.05, 3.63) is 0 Å². The first-order valence-corrected chi connectivity index (χ1v) is 9.41. The third-order valence-electron chi connectivity index (χ3n) is 4.21. The minimum atomic E-state index is -1.47. The lowest BCUT2D eigenvalue weighted by Gasteiger charge is -2.30. The SMILES string of the molecule is CCOC(=O)C(C(=O)OCC)[C@@H]1CC(=O)N(C(=O)OC(C)(C)C)[C@H]1CC(=O)OC. The molecule has 0 spiro atoms. The molecule has 10 heteroatoms. The fourth-order valence-electron chi connectivity index (χ4n) is 3.11. The Kier molecular flexibility index (Phi) is 8.59. The van der Waals surface area contributed by atoms with Crippen molar-refractivity contribution >= 4 is 29.9 Å². The first kappa shape index (κ1) is 24.4. The van der Waals surface area contributed by atoms with Crippen molar-refractivity contribution in [2.24, 2.45) is 11.8 Å². The average Bonchev–Trinajstić information content (AvgIpc) is 2.89. The van der Waals surface area contributed by atoms with E-state index in [1.165, 1.54) is 0 Å². The predicted molar refractivity (Wildman–Crippen MR) is 98.4 cm³/mol. The van der Waals surface area contributed by atoms with Gasteiger partial charge in [-0.05, 0) is 34.6 Å². The molecule has 2 atom stereocenters. The summed E-state index contributed by atoms with van der Waals surface area (Å²) in [7, 11) is 1.15. The number of imide groups is 1. The Balaban J connectivity index is 3.34. The predicted octanol–water partition coefficient (Wildman–Crippen LogP) is 1.44. The van der Waals surface area contributed by atoms with Crippen LogP contribution >= 0.6 is 0 Å². The van der Waals surface area contributed by atoms with Gasteiger partial charge in [-0.1, -0.05) is 0 Å². The third-order valence-corrected chi connectivity index (χ3v) is 4.21. The molecule has 0 bridgehead atoms. The van der Waals surface area contributed by atoms with Gasteiger partial charge in [-0.3, -0.25) is 19.2 Å². The Morgan fingerprint density at radius 2 is 1.59 bits per heavy atom. The van der Waals surface area contributed by atoms with E-state index in [1.807, 2.05) is 0 Å². The van der Waals surface area contributed by atoms with Crippen LogP contribution in [-0.2, 0) is 38.1 Å². The lowest BCUT2D eigenvalue weighted by Crippen LogP contribution is -2.47. The molecule has 1 fully saturated rings. The molecular weight excluding hydrogens is 386 g/mol. The average molecular weight is 415 g/mol. The molecule has 0 saturated carbocycles. The summed E-state index contributed by atoms with van der Waals surface area (Å²) in [5.41, 5.74) is -0.896. The van der Waals surface area contributed by atoms with Crippen LogP contribution in [-0.4, -0.2) is 66.8 Å². The number of carbonyl (C=O) groups is 5. The molecule has 0 radical (unpaired) electrons. The van der Waals surface area contributed by atoms with Gasteiger partial charge in [0.15, 0.2) is 5.92 Å². The van der Waals surface area contributed by atoms with Gasteiger partial charge in [0.2, 0.25) is 5.91 Å². The van der Waals surface area contributed by atoms with Gasteiger partial charge in [0.1, 0.15) is 5.60 Å². The smallest absolute Gasteiger partial charge is 0.417 e. The Bertz CT molecular complexity index is 635. The molecule has 0 unspecified atom stereocenters. The second-order valence-electron chi connectivity index (χ2n) is 7.44. The molecule has 1 aliphatic heterocycles. The Morgan fingerprint density at radius 1 is 1.07 bits per heavy atom. The number of esters is 3. The van der Waals surface area contributed by atoms with E-state index >= 15 is 0 Å². The van der Waals surface area contributed by atoms with Gasteiger partial charge in [0.25, 0.3) is 0 Å². The number of likely N-dealkylation sites (tertiary alicyclic amines) is 1. The highest BCUT2D eigenvalue weighted by Crippen LogP contribution is 2.36. The number of amides is 2. The monoisotopic (exact) mass is 415 g/mol. The largest absolute Gasteiger partial charge is 0.469 e. The van der Waals surface area contributed by atoms with Crippen LogP contribution in [0.2, 0.25) is 0 Å². The third kappa shape index (κ3) is 6.43. The summed E-state index contributed by atoms with van der Waals surface area (Å²) >= 11 is 0. The van der Waals surface area contributed by atoms with Gasteiger partial charge in [-0.15, -0.1) is 0 Å². The highest BCUT2D eigenvalue weighted by molar-refractivity contribution is 6.00. The highest BCUT2D eigenvalue weighted by Gasteiger charge is 2.53. The zero-order chi connectivity index (χ0) is 22.4. The summed E-state index contributed by atoms with van der Waals surface area (Å²) in [4.78, 5) is 62.9. The number of ether oxygens (including phenoxy) is 4. The van der Waals surface area contributed by atoms with Crippen LogP contribution in [0.5, 0.6) is 0 Å². The molecule has 164 valence electrons. The molecule has 0 aromatic heterocycles. The van der Waals surface area contributed by atoms with Crippen LogP contribution in [0, 0.1) is 11.8 Å². The van der Waals surface area contributed by atoms with E-state index < -0.39 is 59.8 Å².